The lowest BCUT2D eigenvalue weighted by atomic mass is 9.91. The van der Waals surface area contributed by atoms with Crippen LogP contribution in [0.15, 0.2) is 48.5 Å². The Kier molecular flexibility index (Phi) is 8.49. The number of methoxy groups -OCH3 is 1. The first-order valence-corrected chi connectivity index (χ1v) is 14.6. The number of aromatic nitrogens is 2. The Morgan fingerprint density at radius 1 is 1.11 bits per heavy atom. The van der Waals surface area contributed by atoms with Gasteiger partial charge in [0.25, 0.3) is 0 Å². The van der Waals surface area contributed by atoms with Gasteiger partial charge in [0.05, 0.1) is 36.9 Å². The van der Waals surface area contributed by atoms with Crippen LogP contribution < -0.4 is 10.1 Å². The zero-order chi connectivity index (χ0) is 33.5. The second kappa shape index (κ2) is 12.4. The molecule has 14 heteroatoms. The Balaban J connectivity index is 0.000000499. The highest BCUT2D eigenvalue weighted by molar-refractivity contribution is 6.10. The number of hydrogen-bond acceptors (Lipinski definition) is 6. The molecule has 7 rings (SSSR count). The van der Waals surface area contributed by atoms with E-state index in [1.54, 1.807) is 19.3 Å². The van der Waals surface area contributed by atoms with Crippen LogP contribution in [0.2, 0.25) is 0 Å². The number of carbonyl (C=O) groups excluding carboxylic acids is 1. The lowest BCUT2D eigenvalue weighted by Gasteiger charge is -2.26. The second-order valence-electron chi connectivity index (χ2n) is 11.5. The highest BCUT2D eigenvalue weighted by Crippen LogP contribution is 2.65. The topological polar surface area (TPSA) is 117 Å². The van der Waals surface area contributed by atoms with E-state index in [0.29, 0.717) is 37.6 Å². The van der Waals surface area contributed by atoms with Gasteiger partial charge in [-0.1, -0.05) is 18.2 Å². The van der Waals surface area contributed by atoms with E-state index < -0.39 is 29.2 Å². The van der Waals surface area contributed by atoms with Crippen molar-refractivity contribution in [3.8, 4) is 5.75 Å². The minimum atomic E-state index is -5.08. The number of morpholine rings is 1. The van der Waals surface area contributed by atoms with Crippen LogP contribution in [0.3, 0.4) is 0 Å². The van der Waals surface area contributed by atoms with Crippen molar-refractivity contribution >= 4 is 40.6 Å². The number of carboxylic acid groups (broad SMARTS) is 1. The lowest BCUT2D eigenvalue weighted by molar-refractivity contribution is -0.192. The molecule has 0 radical (unpaired) electrons. The third-order valence-electron chi connectivity index (χ3n) is 8.67. The molecular formula is C33H29F5N4O5. The Hall–Kier alpha value is -4.82. The number of aromatic amines is 1. The summed E-state index contributed by atoms with van der Waals surface area (Å²) in [4.78, 5) is 23.9. The average molecular weight is 657 g/mol. The highest BCUT2D eigenvalue weighted by atomic mass is 19.4. The van der Waals surface area contributed by atoms with Crippen LogP contribution in [0.25, 0.3) is 23.1 Å². The predicted molar refractivity (Wildman–Crippen MR) is 162 cm³/mol. The molecule has 2 atom stereocenters. The van der Waals surface area contributed by atoms with Crippen LogP contribution in [-0.4, -0.2) is 71.7 Å². The van der Waals surface area contributed by atoms with Crippen LogP contribution in [0.1, 0.15) is 40.3 Å². The van der Waals surface area contributed by atoms with Gasteiger partial charge in [-0.2, -0.15) is 18.3 Å². The van der Waals surface area contributed by atoms with E-state index in [9.17, 15) is 26.7 Å². The normalized spacial score (nSPS) is 20.6. The number of carboxylic acids is 1. The average Bonchev–Trinajstić information content (AvgIpc) is 3.58. The summed E-state index contributed by atoms with van der Waals surface area (Å²) < 4.78 is 72.1. The van der Waals surface area contributed by atoms with Gasteiger partial charge < -0.3 is 19.9 Å². The molecule has 3 aliphatic rings. The molecule has 0 unspecified atom stereocenters. The largest absolute Gasteiger partial charge is 0.497 e. The molecule has 1 aliphatic carbocycles. The van der Waals surface area contributed by atoms with Crippen molar-refractivity contribution in [2.24, 2.45) is 0 Å². The molecule has 2 aliphatic heterocycles. The molecule has 1 amide bonds. The summed E-state index contributed by atoms with van der Waals surface area (Å²) in [6.07, 6.45) is -0.943. The standard InChI is InChI=1S/C31H28F2N4O3.C2HF3O2/c1-39-20-4-7-28-23(15-20)31(30(38)34-28)16-24(31)19-3-5-21-27(35-36-29(21)14-19)6-2-18-12-25(32)22(26(33)13-18)17-37-8-10-40-11-9-37;3-2(4,5)1(6)7/h2-7,12-15,24H,8-11,16-17H2,1H3,(H,34,38)(H,35,36);(H,6,7)/t24-,31-;/m0./s1. The molecule has 1 aromatic heterocycles. The van der Waals surface area contributed by atoms with Crippen LogP contribution in [-0.2, 0) is 26.3 Å². The summed E-state index contributed by atoms with van der Waals surface area (Å²) in [5, 5.41) is 18.5. The minimum absolute atomic E-state index is 0.0181. The molecule has 9 nitrogen and oxygen atoms in total. The zero-order valence-electron chi connectivity index (χ0n) is 25.0. The smallest absolute Gasteiger partial charge is 0.490 e. The monoisotopic (exact) mass is 656 g/mol. The van der Waals surface area contributed by atoms with Crippen molar-refractivity contribution in [3.63, 3.8) is 0 Å². The van der Waals surface area contributed by atoms with Gasteiger partial charge in [0.2, 0.25) is 5.91 Å². The fourth-order valence-corrected chi connectivity index (χ4v) is 6.13. The molecule has 3 aromatic carbocycles. The third kappa shape index (κ3) is 6.30. The van der Waals surface area contributed by atoms with E-state index in [0.717, 1.165) is 39.9 Å². The molecule has 3 N–H and O–H groups in total. The number of H-pyrrole nitrogens is 1. The predicted octanol–water partition coefficient (Wildman–Crippen LogP) is 5.86. The SMILES string of the molecule is COc1ccc2c(c1)[C@]1(C[C@H]1c1ccc3c(C=Cc4cc(F)c(CN5CCOCC5)c(F)c4)n[nH]c3c1)C(=O)N2.O=C(O)C(F)(F)F. The van der Waals surface area contributed by atoms with Gasteiger partial charge in [-0.25, -0.2) is 13.6 Å². The summed E-state index contributed by atoms with van der Waals surface area (Å²) >= 11 is 0. The maximum absolute atomic E-state index is 14.8. The minimum Gasteiger partial charge on any atom is -0.497 e. The van der Waals surface area contributed by atoms with Crippen molar-refractivity contribution in [1.29, 1.82) is 0 Å². The van der Waals surface area contributed by atoms with E-state index in [2.05, 4.69) is 15.5 Å². The van der Waals surface area contributed by atoms with Gasteiger partial charge >= 0.3 is 12.1 Å². The van der Waals surface area contributed by atoms with Gasteiger partial charge in [-0.05, 0) is 65.6 Å². The van der Waals surface area contributed by atoms with Crippen LogP contribution in [0.4, 0.5) is 27.6 Å². The van der Waals surface area contributed by atoms with E-state index in [-0.39, 0.29) is 23.9 Å². The summed E-state index contributed by atoms with van der Waals surface area (Å²) in [5.41, 5.74) is 4.29. The molecule has 3 heterocycles. The van der Waals surface area contributed by atoms with Crippen molar-refractivity contribution in [1.82, 2.24) is 15.1 Å². The second-order valence-corrected chi connectivity index (χ2v) is 11.5. The molecule has 246 valence electrons. The van der Waals surface area contributed by atoms with Crippen LogP contribution in [0, 0.1) is 11.6 Å². The number of aliphatic carboxylic acids is 1. The van der Waals surface area contributed by atoms with E-state index in [4.69, 9.17) is 19.4 Å². The molecule has 2 fully saturated rings. The number of benzene rings is 3. The first kappa shape index (κ1) is 32.1. The van der Waals surface area contributed by atoms with E-state index in [1.807, 2.05) is 41.3 Å². The van der Waals surface area contributed by atoms with Crippen LogP contribution >= 0.6 is 0 Å². The van der Waals surface area contributed by atoms with Gasteiger partial charge in [0, 0.05) is 42.2 Å². The number of alkyl halides is 3. The maximum atomic E-state index is 14.8. The first-order valence-electron chi connectivity index (χ1n) is 14.6. The molecular weight excluding hydrogens is 627 g/mol. The maximum Gasteiger partial charge on any atom is 0.490 e. The van der Waals surface area contributed by atoms with Gasteiger partial charge in [-0.3, -0.25) is 14.8 Å². The first-order chi connectivity index (χ1) is 22.4. The Morgan fingerprint density at radius 2 is 1.81 bits per heavy atom. The Bertz CT molecular complexity index is 1860. The zero-order valence-corrected chi connectivity index (χ0v) is 25.0. The number of fused-ring (bicyclic) bond motifs is 3. The molecule has 1 spiro atoms. The molecule has 0 bridgehead atoms. The van der Waals surface area contributed by atoms with Gasteiger partial charge in [0.15, 0.2) is 0 Å². The van der Waals surface area contributed by atoms with Crippen molar-refractivity contribution < 1.29 is 46.1 Å². The number of carbonyl (C=O) groups is 2. The molecule has 1 saturated heterocycles. The number of anilines is 1. The van der Waals surface area contributed by atoms with Gasteiger partial charge in [0.1, 0.15) is 17.4 Å². The van der Waals surface area contributed by atoms with Crippen molar-refractivity contribution in [2.45, 2.75) is 30.5 Å². The summed E-state index contributed by atoms with van der Waals surface area (Å²) in [6, 6.07) is 14.4. The summed E-state index contributed by atoms with van der Waals surface area (Å²) in [5.74, 6) is -3.08. The number of hydrogen-bond donors (Lipinski definition) is 3. The molecule has 4 aromatic rings. The summed E-state index contributed by atoms with van der Waals surface area (Å²) in [6.45, 7) is 2.68. The quantitative estimate of drug-likeness (QED) is 0.223. The number of nitrogens with zero attached hydrogens (tertiary/aromatic N) is 2. The fraction of sp³-hybridized carbons (Fsp3) is 0.303. The number of amides is 1. The number of halogens is 5. The fourth-order valence-electron chi connectivity index (χ4n) is 6.13. The van der Waals surface area contributed by atoms with Crippen molar-refractivity contribution in [3.05, 3.63) is 88.1 Å². The summed E-state index contributed by atoms with van der Waals surface area (Å²) in [7, 11) is 1.62. The lowest BCUT2D eigenvalue weighted by Crippen LogP contribution is -2.36. The molecule has 1 saturated carbocycles. The van der Waals surface area contributed by atoms with Crippen molar-refractivity contribution in [2.75, 3.05) is 38.7 Å². The molecule has 47 heavy (non-hydrogen) atoms. The number of nitrogens with one attached hydrogen (secondary N) is 2. The number of rotatable bonds is 6. The number of ether oxygens (including phenoxy) is 2. The Labute approximate surface area is 265 Å². The van der Waals surface area contributed by atoms with E-state index >= 15 is 0 Å². The van der Waals surface area contributed by atoms with E-state index in [1.165, 1.54) is 12.1 Å². The Morgan fingerprint density at radius 3 is 2.47 bits per heavy atom. The van der Waals surface area contributed by atoms with Crippen LogP contribution in [0.5, 0.6) is 5.75 Å². The van der Waals surface area contributed by atoms with Gasteiger partial charge in [-0.15, -0.1) is 0 Å². The highest BCUT2D eigenvalue weighted by Gasteiger charge is 2.65. The third-order valence-corrected chi connectivity index (χ3v) is 8.67.